The summed E-state index contributed by atoms with van der Waals surface area (Å²) in [5.74, 6) is 1.06. The average molecular weight is 535 g/mol. The van der Waals surface area contributed by atoms with E-state index in [2.05, 4.69) is 5.32 Å². The molecular weight excluding hydrogens is 500 g/mol. The molecule has 1 atom stereocenters. The molecule has 4 fully saturated rings. The van der Waals surface area contributed by atoms with Crippen molar-refractivity contribution in [2.45, 2.75) is 62.5 Å². The van der Waals surface area contributed by atoms with Gasteiger partial charge in [0.25, 0.3) is 5.91 Å². The van der Waals surface area contributed by atoms with Gasteiger partial charge in [0, 0.05) is 5.56 Å². The molecule has 2 aromatic carbocycles. The van der Waals surface area contributed by atoms with E-state index in [4.69, 9.17) is 9.47 Å². The van der Waals surface area contributed by atoms with Gasteiger partial charge in [0.05, 0.1) is 24.6 Å². The van der Waals surface area contributed by atoms with Gasteiger partial charge in [-0.2, -0.15) is 0 Å². The number of carbonyl (C=O) groups excluding carboxylic acids is 3. The summed E-state index contributed by atoms with van der Waals surface area (Å²) in [7, 11) is 0. The summed E-state index contributed by atoms with van der Waals surface area (Å²) in [6, 6.07) is 17.2. The van der Waals surface area contributed by atoms with Crippen molar-refractivity contribution < 1.29 is 23.9 Å². The van der Waals surface area contributed by atoms with Gasteiger partial charge >= 0.3 is 12.1 Å². The standard InChI is InChI=1S/C30H34N2O5S/c1-2-36-26(33)19-38-30(31-28(35)37-29-15-21-12-22(16-29)14-23(13-21)17-29)24-10-6-7-11-25(24)32(27(30)34)18-20-8-4-3-5-9-20/h3-11,21-23H,2,12-19H2,1H3,(H,31,35)/t21?,22?,23?,29?,30-/m1/s1. The number of amides is 2. The van der Waals surface area contributed by atoms with Gasteiger partial charge in [-0.15, -0.1) is 11.8 Å². The molecule has 4 bridgehead atoms. The van der Waals surface area contributed by atoms with E-state index in [1.165, 1.54) is 19.3 Å². The highest BCUT2D eigenvalue weighted by molar-refractivity contribution is 8.01. The molecule has 0 spiro atoms. The largest absolute Gasteiger partial charge is 0.465 e. The first-order valence-electron chi connectivity index (χ1n) is 13.7. The number of ether oxygens (including phenoxy) is 2. The average Bonchev–Trinajstić information content (AvgIpc) is 3.10. The molecule has 2 aromatic rings. The molecular formula is C30H34N2O5S. The Hall–Kier alpha value is -3.00. The maximum atomic E-state index is 14.2. The number of carbonyl (C=O) groups is 3. The van der Waals surface area contributed by atoms with Crippen LogP contribution >= 0.6 is 11.8 Å². The lowest BCUT2D eigenvalue weighted by Gasteiger charge is -2.55. The first-order chi connectivity index (χ1) is 18.4. The number of esters is 1. The second-order valence-corrected chi connectivity index (χ2v) is 12.5. The Bertz CT molecular complexity index is 1200. The highest BCUT2D eigenvalue weighted by atomic mass is 32.2. The van der Waals surface area contributed by atoms with E-state index in [0.29, 0.717) is 35.5 Å². The van der Waals surface area contributed by atoms with Crippen LogP contribution in [0.15, 0.2) is 54.6 Å². The maximum Gasteiger partial charge on any atom is 0.409 e. The molecule has 2 amide bonds. The van der Waals surface area contributed by atoms with E-state index in [1.54, 1.807) is 11.8 Å². The number of alkyl carbamates (subject to hydrolysis) is 1. The topological polar surface area (TPSA) is 84.9 Å². The van der Waals surface area contributed by atoms with Crippen molar-refractivity contribution in [3.63, 3.8) is 0 Å². The second-order valence-electron chi connectivity index (χ2n) is 11.3. The first kappa shape index (κ1) is 25.3. The number of benzene rings is 2. The van der Waals surface area contributed by atoms with Gasteiger partial charge in [0.15, 0.2) is 4.87 Å². The van der Waals surface area contributed by atoms with Gasteiger partial charge < -0.3 is 14.4 Å². The van der Waals surface area contributed by atoms with Crippen molar-refractivity contribution in [3.05, 3.63) is 65.7 Å². The van der Waals surface area contributed by atoms with Crippen LogP contribution in [0, 0.1) is 17.8 Å². The lowest BCUT2D eigenvalue weighted by Crippen LogP contribution is -2.57. The third-order valence-corrected chi connectivity index (χ3v) is 9.89. The first-order valence-corrected chi connectivity index (χ1v) is 14.6. The lowest BCUT2D eigenvalue weighted by atomic mass is 9.54. The van der Waals surface area contributed by atoms with Crippen molar-refractivity contribution in [2.24, 2.45) is 17.8 Å². The third kappa shape index (κ3) is 4.57. The molecule has 0 aromatic heterocycles. The predicted molar refractivity (Wildman–Crippen MR) is 145 cm³/mol. The third-order valence-electron chi connectivity index (χ3n) is 8.59. The zero-order valence-corrected chi connectivity index (χ0v) is 22.5. The number of anilines is 1. The number of rotatable bonds is 8. The van der Waals surface area contributed by atoms with Crippen LogP contribution in [0.25, 0.3) is 0 Å². The van der Waals surface area contributed by atoms with Crippen molar-refractivity contribution in [1.29, 1.82) is 0 Å². The van der Waals surface area contributed by atoms with Crippen LogP contribution in [0.1, 0.15) is 56.6 Å². The lowest BCUT2D eigenvalue weighted by molar-refractivity contribution is -0.139. The van der Waals surface area contributed by atoms with Crippen molar-refractivity contribution >= 4 is 35.4 Å². The summed E-state index contributed by atoms with van der Waals surface area (Å²) in [4.78, 5) is 40.5. The Kier molecular flexibility index (Phi) is 6.62. The molecule has 1 heterocycles. The fourth-order valence-corrected chi connectivity index (χ4v) is 8.67. The maximum absolute atomic E-state index is 14.2. The van der Waals surface area contributed by atoms with Crippen LogP contribution in [0.5, 0.6) is 0 Å². The van der Waals surface area contributed by atoms with E-state index in [-0.39, 0.29) is 18.3 Å². The smallest absolute Gasteiger partial charge is 0.409 e. The van der Waals surface area contributed by atoms with Crippen LogP contribution in [-0.2, 0) is 30.5 Å². The Morgan fingerprint density at radius 2 is 1.61 bits per heavy atom. The summed E-state index contributed by atoms with van der Waals surface area (Å²) in [6.07, 6.45) is 5.84. The monoisotopic (exact) mass is 534 g/mol. The van der Waals surface area contributed by atoms with Crippen LogP contribution < -0.4 is 10.2 Å². The number of thioether (sulfide) groups is 1. The van der Waals surface area contributed by atoms with Gasteiger partial charge in [-0.05, 0) is 74.8 Å². The SMILES string of the molecule is CCOC(=O)CS[C@@]1(NC(=O)OC23CC4CC(CC(C4)C2)C3)C(=O)N(Cc2ccccc2)c2ccccc21. The summed E-state index contributed by atoms with van der Waals surface area (Å²) in [6.45, 7) is 2.35. The van der Waals surface area contributed by atoms with Crippen LogP contribution in [-0.4, -0.2) is 35.9 Å². The quantitative estimate of drug-likeness (QED) is 0.362. The highest BCUT2D eigenvalue weighted by Gasteiger charge is 2.56. The molecule has 0 radical (unpaired) electrons. The fraction of sp³-hybridized carbons (Fsp3) is 0.500. The molecule has 7 rings (SSSR count). The van der Waals surface area contributed by atoms with E-state index < -0.39 is 22.5 Å². The molecule has 0 saturated heterocycles. The zero-order valence-electron chi connectivity index (χ0n) is 21.7. The Morgan fingerprint density at radius 1 is 0.974 bits per heavy atom. The van der Waals surface area contributed by atoms with Gasteiger partial charge in [-0.3, -0.25) is 14.9 Å². The summed E-state index contributed by atoms with van der Waals surface area (Å²) >= 11 is 1.09. The van der Waals surface area contributed by atoms with Crippen molar-refractivity contribution in [2.75, 3.05) is 17.3 Å². The number of nitrogens with zero attached hydrogens (tertiary/aromatic N) is 1. The number of nitrogens with one attached hydrogen (secondary N) is 1. The Balaban J connectivity index is 1.30. The van der Waals surface area contributed by atoms with Crippen molar-refractivity contribution in [3.8, 4) is 0 Å². The minimum atomic E-state index is -1.49. The predicted octanol–water partition coefficient (Wildman–Crippen LogP) is 5.38. The molecule has 38 heavy (non-hydrogen) atoms. The van der Waals surface area contributed by atoms with Crippen LogP contribution in [0.3, 0.4) is 0 Å². The number of hydrogen-bond donors (Lipinski definition) is 1. The highest BCUT2D eigenvalue weighted by Crippen LogP contribution is 2.57. The fourth-order valence-electron chi connectivity index (χ4n) is 7.53. The van der Waals surface area contributed by atoms with E-state index in [9.17, 15) is 14.4 Å². The summed E-state index contributed by atoms with van der Waals surface area (Å²) < 4.78 is 11.4. The molecule has 5 aliphatic rings. The summed E-state index contributed by atoms with van der Waals surface area (Å²) in [5.41, 5.74) is 1.89. The van der Waals surface area contributed by atoms with Crippen molar-refractivity contribution in [1.82, 2.24) is 5.32 Å². The minimum Gasteiger partial charge on any atom is -0.465 e. The van der Waals surface area contributed by atoms with E-state index in [1.807, 2.05) is 54.6 Å². The molecule has 7 nitrogen and oxygen atoms in total. The van der Waals surface area contributed by atoms with Crippen LogP contribution in [0.2, 0.25) is 0 Å². The molecule has 4 aliphatic carbocycles. The minimum absolute atomic E-state index is 0.0786. The van der Waals surface area contributed by atoms with Gasteiger partial charge in [-0.25, -0.2) is 4.79 Å². The van der Waals surface area contributed by atoms with E-state index in [0.717, 1.165) is 36.6 Å². The molecule has 0 unspecified atom stereocenters. The summed E-state index contributed by atoms with van der Waals surface area (Å²) in [5, 5.41) is 2.99. The normalized spacial score (nSPS) is 30.7. The number of fused-ring (bicyclic) bond motifs is 1. The van der Waals surface area contributed by atoms with Gasteiger partial charge in [-0.1, -0.05) is 48.5 Å². The molecule has 1 N–H and O–H groups in total. The second kappa shape index (κ2) is 9.95. The van der Waals surface area contributed by atoms with E-state index >= 15 is 0 Å². The van der Waals surface area contributed by atoms with Crippen LogP contribution in [0.4, 0.5) is 10.5 Å². The Morgan fingerprint density at radius 3 is 2.26 bits per heavy atom. The Labute approximate surface area is 227 Å². The van der Waals surface area contributed by atoms with Gasteiger partial charge in [0.2, 0.25) is 0 Å². The van der Waals surface area contributed by atoms with Gasteiger partial charge in [0.1, 0.15) is 5.60 Å². The number of hydrogen-bond acceptors (Lipinski definition) is 6. The molecule has 1 aliphatic heterocycles. The molecule has 4 saturated carbocycles. The molecule has 200 valence electrons. The number of para-hydroxylation sites is 1. The molecule has 8 heteroatoms. The zero-order chi connectivity index (χ0) is 26.3.